The number of urea groups is 1. The van der Waals surface area contributed by atoms with Crippen LogP contribution in [-0.2, 0) is 18.4 Å². The molecule has 0 aliphatic carbocycles. The number of rotatable bonds is 9. The zero-order valence-corrected chi connectivity index (χ0v) is 22.8. The summed E-state index contributed by atoms with van der Waals surface area (Å²) < 4.78 is 28.8. The number of nitrogens with one attached hydrogen (secondary N) is 1. The smallest absolute Gasteiger partial charge is 0.413 e. The first-order valence-corrected chi connectivity index (χ1v) is 14.3. The molecule has 1 fully saturated rings. The van der Waals surface area contributed by atoms with Gasteiger partial charge in [-0.25, -0.2) is 22.9 Å². The standard InChI is InChI=1S/C20H24Cl3N5O5S2/c1-3-4-5-6-11-35(31,32)18-26-25-16(34-18)28-15(12-27(2)19(28)30)33-17(29)24-14-9-7-13(8-10-14)20(21,22)23/h7-10,15H,3-6,11-12H2,1-2H3,(H,24,29). The van der Waals surface area contributed by atoms with Crippen molar-refractivity contribution in [3.63, 3.8) is 0 Å². The van der Waals surface area contributed by atoms with Crippen molar-refractivity contribution >= 4 is 78.9 Å². The minimum absolute atomic E-state index is 0.0244. The largest absolute Gasteiger partial charge is 0.423 e. The molecule has 2 aromatic rings. The molecule has 15 heteroatoms. The number of unbranched alkanes of at least 4 members (excludes halogenated alkanes) is 3. The van der Waals surface area contributed by atoms with Crippen molar-refractivity contribution in [1.29, 1.82) is 0 Å². The van der Waals surface area contributed by atoms with Gasteiger partial charge in [0.25, 0.3) is 0 Å². The molecule has 0 radical (unpaired) electrons. The molecular formula is C20H24Cl3N5O5S2. The van der Waals surface area contributed by atoms with Crippen molar-refractivity contribution in [3.05, 3.63) is 29.8 Å². The quantitative estimate of drug-likeness (QED) is 0.245. The van der Waals surface area contributed by atoms with Gasteiger partial charge in [0, 0.05) is 18.3 Å². The number of carbonyl (C=O) groups is 2. The topological polar surface area (TPSA) is 122 Å². The van der Waals surface area contributed by atoms with Gasteiger partial charge < -0.3 is 9.64 Å². The summed E-state index contributed by atoms with van der Waals surface area (Å²) in [7, 11) is -2.10. The third-order valence-electron chi connectivity index (χ3n) is 5.09. The summed E-state index contributed by atoms with van der Waals surface area (Å²) in [4.78, 5) is 27.6. The highest BCUT2D eigenvalue weighted by molar-refractivity contribution is 7.93. The van der Waals surface area contributed by atoms with E-state index in [0.717, 1.165) is 35.5 Å². The molecule has 1 aliphatic rings. The van der Waals surface area contributed by atoms with E-state index in [-0.39, 0.29) is 21.8 Å². The number of alkyl halides is 3. The van der Waals surface area contributed by atoms with Crippen molar-refractivity contribution in [1.82, 2.24) is 15.1 Å². The number of halogens is 3. The van der Waals surface area contributed by atoms with Gasteiger partial charge in [-0.2, -0.15) is 0 Å². The second kappa shape index (κ2) is 11.5. The Morgan fingerprint density at radius 1 is 1.20 bits per heavy atom. The predicted molar refractivity (Wildman–Crippen MR) is 136 cm³/mol. The summed E-state index contributed by atoms with van der Waals surface area (Å²) in [5.74, 6) is -0.0467. The van der Waals surface area contributed by atoms with E-state index in [1.165, 1.54) is 36.2 Å². The summed E-state index contributed by atoms with van der Waals surface area (Å²) in [5.41, 5.74) is 0.799. The van der Waals surface area contributed by atoms with Gasteiger partial charge in [0.2, 0.25) is 29.3 Å². The van der Waals surface area contributed by atoms with E-state index in [0.29, 0.717) is 17.7 Å². The summed E-state index contributed by atoms with van der Waals surface area (Å²) in [6, 6.07) is 5.63. The molecule has 1 N–H and O–H groups in total. The molecule has 35 heavy (non-hydrogen) atoms. The molecule has 1 aromatic heterocycles. The van der Waals surface area contributed by atoms with E-state index in [2.05, 4.69) is 15.5 Å². The Kier molecular flexibility index (Phi) is 9.08. The average Bonchev–Trinajstić information content (AvgIpc) is 3.36. The van der Waals surface area contributed by atoms with Gasteiger partial charge >= 0.3 is 12.1 Å². The van der Waals surface area contributed by atoms with Crippen LogP contribution in [0.2, 0.25) is 0 Å². The number of amides is 3. The molecule has 1 saturated heterocycles. The zero-order chi connectivity index (χ0) is 25.8. The molecule has 0 saturated carbocycles. The third-order valence-corrected chi connectivity index (χ3v) is 8.91. The number of hydrogen-bond donors (Lipinski definition) is 1. The Morgan fingerprint density at radius 3 is 2.51 bits per heavy atom. The molecule has 3 amide bonds. The highest BCUT2D eigenvalue weighted by atomic mass is 35.6. The Balaban J connectivity index is 1.69. The van der Waals surface area contributed by atoms with Crippen molar-refractivity contribution in [3.8, 4) is 0 Å². The van der Waals surface area contributed by atoms with Gasteiger partial charge in [-0.05, 0) is 18.6 Å². The van der Waals surface area contributed by atoms with E-state index in [4.69, 9.17) is 39.5 Å². The van der Waals surface area contributed by atoms with Crippen molar-refractivity contribution in [2.45, 2.75) is 47.0 Å². The fourth-order valence-corrected chi connectivity index (χ4v) is 6.14. The number of carbonyl (C=O) groups excluding carboxylic acids is 2. The van der Waals surface area contributed by atoms with E-state index < -0.39 is 32.0 Å². The normalized spacial score (nSPS) is 16.6. The minimum atomic E-state index is -3.63. The molecule has 1 aromatic carbocycles. The number of ether oxygens (including phenoxy) is 1. The first kappa shape index (κ1) is 27.7. The highest BCUT2D eigenvalue weighted by Gasteiger charge is 2.41. The van der Waals surface area contributed by atoms with Crippen LogP contribution >= 0.6 is 46.1 Å². The van der Waals surface area contributed by atoms with Gasteiger partial charge in [-0.15, -0.1) is 10.2 Å². The molecular weight excluding hydrogens is 561 g/mol. The Labute approximate surface area is 222 Å². The number of aromatic nitrogens is 2. The van der Waals surface area contributed by atoms with Crippen LogP contribution in [0.15, 0.2) is 28.6 Å². The Morgan fingerprint density at radius 2 is 1.89 bits per heavy atom. The lowest BCUT2D eigenvalue weighted by Crippen LogP contribution is -2.38. The van der Waals surface area contributed by atoms with Gasteiger partial charge in [0.15, 0.2) is 0 Å². The van der Waals surface area contributed by atoms with Gasteiger partial charge in [-0.3, -0.25) is 5.32 Å². The Hall–Kier alpha value is -1.86. The van der Waals surface area contributed by atoms with Crippen molar-refractivity contribution < 1.29 is 22.7 Å². The molecule has 1 aliphatic heterocycles. The number of nitrogens with zero attached hydrogens (tertiary/aromatic N) is 4. The summed E-state index contributed by atoms with van der Waals surface area (Å²) >= 11 is 18.2. The maximum absolute atomic E-state index is 12.7. The lowest BCUT2D eigenvalue weighted by atomic mass is 10.2. The third kappa shape index (κ3) is 7.10. The number of likely N-dealkylation sites (N-methyl/N-ethyl adjacent to an activating group) is 1. The molecule has 0 spiro atoms. The van der Waals surface area contributed by atoms with E-state index >= 15 is 0 Å². The summed E-state index contributed by atoms with van der Waals surface area (Å²) in [6.45, 7) is 2.09. The van der Waals surface area contributed by atoms with Crippen LogP contribution in [0, 0.1) is 0 Å². The first-order valence-electron chi connectivity index (χ1n) is 10.7. The highest BCUT2D eigenvalue weighted by Crippen LogP contribution is 2.38. The van der Waals surface area contributed by atoms with E-state index in [1.807, 2.05) is 6.92 Å². The van der Waals surface area contributed by atoms with Crippen molar-refractivity contribution in [2.75, 3.05) is 29.6 Å². The maximum atomic E-state index is 12.7. The van der Waals surface area contributed by atoms with Crippen molar-refractivity contribution in [2.24, 2.45) is 0 Å². The minimum Gasteiger partial charge on any atom is -0.423 e. The Bertz CT molecular complexity index is 1150. The molecule has 1 unspecified atom stereocenters. The molecule has 10 nitrogen and oxygen atoms in total. The van der Waals surface area contributed by atoms with Crippen LogP contribution in [0.3, 0.4) is 0 Å². The maximum Gasteiger partial charge on any atom is 0.413 e. The van der Waals surface area contributed by atoms with Crippen LogP contribution in [0.5, 0.6) is 0 Å². The monoisotopic (exact) mass is 583 g/mol. The predicted octanol–water partition coefficient (Wildman–Crippen LogP) is 5.17. The second-order valence-corrected chi connectivity index (χ2v) is 13.3. The van der Waals surface area contributed by atoms with Crippen LogP contribution in [0.4, 0.5) is 20.4 Å². The number of sulfone groups is 1. The zero-order valence-electron chi connectivity index (χ0n) is 18.9. The molecule has 3 rings (SSSR count). The van der Waals surface area contributed by atoms with Crippen LogP contribution < -0.4 is 10.2 Å². The molecule has 2 heterocycles. The SMILES string of the molecule is CCCCCCS(=O)(=O)c1nnc(N2C(=O)N(C)CC2OC(=O)Nc2ccc(C(Cl)(Cl)Cl)cc2)s1. The number of anilines is 2. The fourth-order valence-electron chi connectivity index (χ4n) is 3.24. The average molecular weight is 585 g/mol. The summed E-state index contributed by atoms with van der Waals surface area (Å²) in [5, 5.41) is 10.2. The van der Waals surface area contributed by atoms with E-state index in [9.17, 15) is 18.0 Å². The lowest BCUT2D eigenvalue weighted by Gasteiger charge is -2.20. The molecule has 0 bridgehead atoms. The van der Waals surface area contributed by atoms with Gasteiger partial charge in [0.05, 0.1) is 12.3 Å². The first-order chi connectivity index (χ1) is 16.4. The number of hydrogen-bond acceptors (Lipinski definition) is 8. The van der Waals surface area contributed by atoms with Gasteiger partial charge in [0.1, 0.15) is 0 Å². The lowest BCUT2D eigenvalue weighted by molar-refractivity contribution is 0.116. The van der Waals surface area contributed by atoms with Crippen LogP contribution in [-0.4, -0.2) is 61.2 Å². The van der Waals surface area contributed by atoms with Gasteiger partial charge in [-0.1, -0.05) is 84.5 Å². The van der Waals surface area contributed by atoms with E-state index in [1.54, 1.807) is 0 Å². The molecule has 192 valence electrons. The summed E-state index contributed by atoms with van der Waals surface area (Å²) in [6.07, 6.45) is 1.38. The number of benzene rings is 1. The second-order valence-electron chi connectivity index (χ2n) is 7.82. The fraction of sp³-hybridized carbons (Fsp3) is 0.500. The molecule has 1 atom stereocenters. The van der Waals surface area contributed by atoms with Crippen LogP contribution in [0.25, 0.3) is 0 Å². The van der Waals surface area contributed by atoms with Crippen LogP contribution in [0.1, 0.15) is 38.2 Å².